The number of allylic oxidation sites excluding steroid dienone is 1. The molecule has 0 N–H and O–H groups in total. The minimum absolute atomic E-state index is 0.00501. The molecule has 0 fully saturated rings. The van der Waals surface area contributed by atoms with Crippen LogP contribution in [-0.4, -0.2) is 21.9 Å². The van der Waals surface area contributed by atoms with Crippen LogP contribution in [0.5, 0.6) is 0 Å². The van der Waals surface area contributed by atoms with E-state index in [1.165, 1.54) is 0 Å². The average Bonchev–Trinajstić information content (AvgIpc) is 2.76. The zero-order valence-electron chi connectivity index (χ0n) is 12.0. The smallest absolute Gasteiger partial charge is 0.246 e. The van der Waals surface area contributed by atoms with E-state index in [0.29, 0.717) is 18.6 Å². The molecule has 5 heteroatoms. The molecule has 0 saturated heterocycles. The van der Waals surface area contributed by atoms with E-state index in [1.807, 2.05) is 24.6 Å². The Hall–Kier alpha value is -1.81. The highest BCUT2D eigenvalue weighted by molar-refractivity contribution is 6.31. The zero-order valence-corrected chi connectivity index (χ0v) is 12.7. The highest BCUT2D eigenvalue weighted by Gasteiger charge is 2.26. The van der Waals surface area contributed by atoms with Gasteiger partial charge >= 0.3 is 0 Å². The predicted molar refractivity (Wildman–Crippen MR) is 81.8 cm³/mol. The van der Waals surface area contributed by atoms with Crippen LogP contribution in [0.4, 0.5) is 4.39 Å². The molecule has 1 aliphatic heterocycles. The van der Waals surface area contributed by atoms with Gasteiger partial charge in [-0.3, -0.25) is 4.79 Å². The van der Waals surface area contributed by atoms with Crippen molar-refractivity contribution < 1.29 is 9.18 Å². The molecular weight excluding hydrogens is 291 g/mol. The van der Waals surface area contributed by atoms with Gasteiger partial charge in [0, 0.05) is 43.2 Å². The molecule has 0 aliphatic carbocycles. The summed E-state index contributed by atoms with van der Waals surface area (Å²) in [6, 6.07) is 3.41. The van der Waals surface area contributed by atoms with Crippen molar-refractivity contribution in [3.8, 4) is 0 Å². The van der Waals surface area contributed by atoms with Gasteiger partial charge in [-0.2, -0.15) is 0 Å². The van der Waals surface area contributed by atoms with Gasteiger partial charge in [-0.05, 0) is 19.1 Å². The summed E-state index contributed by atoms with van der Waals surface area (Å²) >= 11 is 5.88. The number of benzene rings is 1. The van der Waals surface area contributed by atoms with E-state index in [4.69, 9.17) is 11.6 Å². The number of aromatic nitrogens is 1. The molecule has 1 aliphatic rings. The second kappa shape index (κ2) is 5.19. The van der Waals surface area contributed by atoms with E-state index in [1.54, 1.807) is 23.1 Å². The third kappa shape index (κ3) is 2.14. The van der Waals surface area contributed by atoms with Crippen molar-refractivity contribution >= 4 is 28.4 Å². The lowest BCUT2D eigenvalue weighted by molar-refractivity contribution is -0.126. The second-order valence-corrected chi connectivity index (χ2v) is 5.66. The molecule has 3 nitrogen and oxygen atoms in total. The molecule has 110 valence electrons. The van der Waals surface area contributed by atoms with Crippen LogP contribution >= 0.6 is 11.6 Å². The monoisotopic (exact) mass is 306 g/mol. The third-order valence-corrected chi connectivity index (χ3v) is 4.36. The van der Waals surface area contributed by atoms with Crippen LogP contribution in [0.2, 0.25) is 5.02 Å². The number of rotatable bonds is 1. The molecule has 0 saturated carbocycles. The first-order valence-electron chi connectivity index (χ1n) is 6.90. The fourth-order valence-electron chi connectivity index (χ4n) is 3.05. The minimum atomic E-state index is -0.391. The summed E-state index contributed by atoms with van der Waals surface area (Å²) in [5.74, 6) is -0.396. The Labute approximate surface area is 127 Å². The number of carbonyl (C=O) groups excluding carboxylic acids is 1. The number of amides is 1. The molecule has 0 unspecified atom stereocenters. The van der Waals surface area contributed by atoms with Crippen LogP contribution in [0.25, 0.3) is 10.9 Å². The molecule has 2 heterocycles. The van der Waals surface area contributed by atoms with Crippen molar-refractivity contribution in [2.45, 2.75) is 19.9 Å². The van der Waals surface area contributed by atoms with Gasteiger partial charge in [-0.25, -0.2) is 4.39 Å². The van der Waals surface area contributed by atoms with Crippen molar-refractivity contribution in [2.24, 2.45) is 7.05 Å². The van der Waals surface area contributed by atoms with Crippen molar-refractivity contribution in [1.82, 2.24) is 9.47 Å². The first-order chi connectivity index (χ1) is 10.0. The summed E-state index contributed by atoms with van der Waals surface area (Å²) in [5, 5.41) is 0.967. The van der Waals surface area contributed by atoms with Crippen molar-refractivity contribution in [1.29, 1.82) is 0 Å². The van der Waals surface area contributed by atoms with E-state index in [9.17, 15) is 9.18 Å². The molecule has 3 rings (SSSR count). The Morgan fingerprint density at radius 3 is 2.90 bits per heavy atom. The van der Waals surface area contributed by atoms with Gasteiger partial charge in [-0.15, -0.1) is 0 Å². The molecule has 0 bridgehead atoms. The second-order valence-electron chi connectivity index (χ2n) is 5.25. The zero-order chi connectivity index (χ0) is 15.1. The lowest BCUT2D eigenvalue weighted by Gasteiger charge is -2.27. The summed E-state index contributed by atoms with van der Waals surface area (Å²) < 4.78 is 16.1. The predicted octanol–water partition coefficient (Wildman–Crippen LogP) is 3.43. The highest BCUT2D eigenvalue weighted by atomic mass is 35.5. The van der Waals surface area contributed by atoms with Gasteiger partial charge in [-0.1, -0.05) is 23.7 Å². The third-order valence-electron chi connectivity index (χ3n) is 4.07. The number of hydrogen-bond donors (Lipinski definition) is 0. The molecule has 1 aromatic heterocycles. The van der Waals surface area contributed by atoms with Crippen LogP contribution in [0, 0.1) is 5.82 Å². The SMILES string of the molecule is C/C=C/C(=O)N1CCc2c(c3ccc(Cl)c(F)c3n2C)C1. The molecular formula is C16H16ClFN2O. The van der Waals surface area contributed by atoms with Crippen LogP contribution in [-0.2, 0) is 24.8 Å². The lowest BCUT2D eigenvalue weighted by Crippen LogP contribution is -2.35. The van der Waals surface area contributed by atoms with Gasteiger partial charge in [0.05, 0.1) is 10.5 Å². The van der Waals surface area contributed by atoms with Crippen LogP contribution < -0.4 is 0 Å². The Kier molecular flexibility index (Phi) is 3.49. The molecule has 0 spiro atoms. The fourth-order valence-corrected chi connectivity index (χ4v) is 3.20. The van der Waals surface area contributed by atoms with E-state index in [-0.39, 0.29) is 10.9 Å². The van der Waals surface area contributed by atoms with E-state index in [0.717, 1.165) is 23.1 Å². The molecule has 1 amide bonds. The van der Waals surface area contributed by atoms with Crippen LogP contribution in [0.15, 0.2) is 24.3 Å². The van der Waals surface area contributed by atoms with Crippen LogP contribution in [0.1, 0.15) is 18.2 Å². The lowest BCUT2D eigenvalue weighted by atomic mass is 10.0. The molecule has 1 aromatic carbocycles. The maximum Gasteiger partial charge on any atom is 0.246 e. The highest BCUT2D eigenvalue weighted by Crippen LogP contribution is 2.34. The summed E-state index contributed by atoms with van der Waals surface area (Å²) in [6.45, 7) is 2.98. The quantitative estimate of drug-likeness (QED) is 0.741. The molecule has 0 atom stereocenters. The topological polar surface area (TPSA) is 25.2 Å². The summed E-state index contributed by atoms with van der Waals surface area (Å²) in [7, 11) is 1.85. The minimum Gasteiger partial charge on any atom is -0.345 e. The van der Waals surface area contributed by atoms with Crippen LogP contribution in [0.3, 0.4) is 0 Å². The molecule has 0 radical (unpaired) electrons. The Morgan fingerprint density at radius 1 is 1.43 bits per heavy atom. The number of nitrogens with zero attached hydrogens (tertiary/aromatic N) is 2. The first kappa shape index (κ1) is 14.1. The number of fused-ring (bicyclic) bond motifs is 3. The first-order valence-corrected chi connectivity index (χ1v) is 7.28. The number of hydrogen-bond acceptors (Lipinski definition) is 1. The van der Waals surface area contributed by atoms with Gasteiger partial charge in [0.15, 0.2) is 5.82 Å². The van der Waals surface area contributed by atoms with E-state index < -0.39 is 5.82 Å². The van der Waals surface area contributed by atoms with Crippen molar-refractivity contribution in [3.63, 3.8) is 0 Å². The largest absolute Gasteiger partial charge is 0.345 e. The van der Waals surface area contributed by atoms with Gasteiger partial charge < -0.3 is 9.47 Å². The number of halogens is 2. The summed E-state index contributed by atoms with van der Waals surface area (Å²) in [5.41, 5.74) is 2.62. The molecule has 21 heavy (non-hydrogen) atoms. The standard InChI is InChI=1S/C16H16ClFN2O/c1-3-4-14(21)20-8-7-13-11(9-20)10-5-6-12(17)15(18)16(10)19(13)2/h3-6H,7-9H2,1-2H3/b4-3+. The molecule has 2 aromatic rings. The van der Waals surface area contributed by atoms with Crippen molar-refractivity contribution in [2.75, 3.05) is 6.54 Å². The summed E-state index contributed by atoms with van der Waals surface area (Å²) in [6.07, 6.45) is 4.02. The normalized spacial score (nSPS) is 15.0. The average molecular weight is 307 g/mol. The van der Waals surface area contributed by atoms with Gasteiger partial charge in [0.1, 0.15) is 0 Å². The van der Waals surface area contributed by atoms with E-state index in [2.05, 4.69) is 0 Å². The number of aryl methyl sites for hydroxylation is 1. The fraction of sp³-hybridized carbons (Fsp3) is 0.312. The summed E-state index contributed by atoms with van der Waals surface area (Å²) in [4.78, 5) is 13.8. The maximum absolute atomic E-state index is 14.3. The Balaban J connectivity index is 2.12. The number of carbonyl (C=O) groups is 1. The van der Waals surface area contributed by atoms with E-state index >= 15 is 0 Å². The Morgan fingerprint density at radius 2 is 2.19 bits per heavy atom. The Bertz CT molecular complexity index is 763. The van der Waals surface area contributed by atoms with Crippen molar-refractivity contribution in [3.05, 3.63) is 46.4 Å². The van der Waals surface area contributed by atoms with Gasteiger partial charge in [0.2, 0.25) is 5.91 Å². The van der Waals surface area contributed by atoms with Gasteiger partial charge in [0.25, 0.3) is 0 Å². The maximum atomic E-state index is 14.3.